The molecule has 2 unspecified atom stereocenters. The Hall–Kier alpha value is -1.16. The highest BCUT2D eigenvalue weighted by molar-refractivity contribution is 5.53. The summed E-state index contributed by atoms with van der Waals surface area (Å²) in [5.41, 5.74) is 6.19. The first-order valence-electron chi connectivity index (χ1n) is 7.04. The van der Waals surface area contributed by atoms with Crippen LogP contribution >= 0.6 is 0 Å². The van der Waals surface area contributed by atoms with Crippen molar-refractivity contribution in [1.29, 1.82) is 0 Å². The van der Waals surface area contributed by atoms with E-state index < -0.39 is 11.6 Å². The SMILES string of the molecule is CCC1CCC(C)N1c1c(F)cc(CCN)cc1F. The highest BCUT2D eigenvalue weighted by atomic mass is 19.1. The molecule has 0 aliphatic carbocycles. The fraction of sp³-hybridized carbons (Fsp3) is 0.600. The van der Waals surface area contributed by atoms with Crippen molar-refractivity contribution in [3.8, 4) is 0 Å². The summed E-state index contributed by atoms with van der Waals surface area (Å²) in [7, 11) is 0. The quantitative estimate of drug-likeness (QED) is 0.908. The van der Waals surface area contributed by atoms with Crippen LogP contribution in [0, 0.1) is 11.6 Å². The van der Waals surface area contributed by atoms with Gasteiger partial charge in [-0.1, -0.05) is 6.92 Å². The minimum atomic E-state index is -0.462. The van der Waals surface area contributed by atoms with Crippen LogP contribution in [-0.4, -0.2) is 18.6 Å². The number of hydrogen-bond donors (Lipinski definition) is 1. The number of anilines is 1. The molecular formula is C15H22F2N2. The Morgan fingerprint density at radius 2 is 1.89 bits per heavy atom. The standard InChI is InChI=1S/C15H22F2N2/c1-3-12-5-4-10(2)19(12)15-13(16)8-11(6-7-18)9-14(15)17/h8-10,12H,3-7,18H2,1-2H3. The average molecular weight is 268 g/mol. The lowest BCUT2D eigenvalue weighted by molar-refractivity contribution is 0.541. The van der Waals surface area contributed by atoms with Crippen LogP contribution in [0.5, 0.6) is 0 Å². The summed E-state index contributed by atoms with van der Waals surface area (Å²) in [6.45, 7) is 4.49. The molecule has 2 atom stereocenters. The van der Waals surface area contributed by atoms with Gasteiger partial charge in [-0.2, -0.15) is 0 Å². The van der Waals surface area contributed by atoms with Crippen molar-refractivity contribution >= 4 is 5.69 Å². The summed E-state index contributed by atoms with van der Waals surface area (Å²) in [4.78, 5) is 1.91. The van der Waals surface area contributed by atoms with Gasteiger partial charge in [-0.05, 0) is 56.8 Å². The van der Waals surface area contributed by atoms with Crippen LogP contribution in [0.15, 0.2) is 12.1 Å². The molecule has 1 aliphatic heterocycles. The van der Waals surface area contributed by atoms with E-state index in [-0.39, 0.29) is 17.8 Å². The number of hydrogen-bond acceptors (Lipinski definition) is 2. The molecule has 2 N–H and O–H groups in total. The van der Waals surface area contributed by atoms with Crippen LogP contribution in [0.4, 0.5) is 14.5 Å². The zero-order valence-electron chi connectivity index (χ0n) is 11.6. The molecule has 0 amide bonds. The predicted octanol–water partition coefficient (Wildman–Crippen LogP) is 3.23. The smallest absolute Gasteiger partial charge is 0.149 e. The Bertz CT molecular complexity index is 425. The van der Waals surface area contributed by atoms with Gasteiger partial charge < -0.3 is 10.6 Å². The van der Waals surface area contributed by atoms with Crippen LogP contribution in [0.25, 0.3) is 0 Å². The molecule has 106 valence electrons. The second kappa shape index (κ2) is 5.87. The minimum Gasteiger partial charge on any atom is -0.361 e. The van der Waals surface area contributed by atoms with Crippen LogP contribution in [-0.2, 0) is 6.42 Å². The van der Waals surface area contributed by atoms with Crippen molar-refractivity contribution in [3.63, 3.8) is 0 Å². The van der Waals surface area contributed by atoms with Crippen LogP contribution < -0.4 is 10.6 Å². The van der Waals surface area contributed by atoms with Crippen LogP contribution in [0.3, 0.4) is 0 Å². The number of rotatable bonds is 4. The van der Waals surface area contributed by atoms with E-state index in [0.717, 1.165) is 19.3 Å². The monoisotopic (exact) mass is 268 g/mol. The first-order chi connectivity index (χ1) is 9.08. The van der Waals surface area contributed by atoms with Crippen molar-refractivity contribution in [2.75, 3.05) is 11.4 Å². The summed E-state index contributed by atoms with van der Waals surface area (Å²) in [5, 5.41) is 0. The van der Waals surface area contributed by atoms with Gasteiger partial charge >= 0.3 is 0 Å². The molecule has 2 nitrogen and oxygen atoms in total. The number of nitrogens with zero attached hydrogens (tertiary/aromatic N) is 1. The summed E-state index contributed by atoms with van der Waals surface area (Å²) < 4.78 is 28.5. The van der Waals surface area contributed by atoms with E-state index in [1.54, 1.807) is 0 Å². The number of nitrogens with two attached hydrogens (primary N) is 1. The molecule has 1 heterocycles. The lowest BCUT2D eigenvalue weighted by Gasteiger charge is -2.31. The Kier molecular flexibility index (Phi) is 4.40. The van der Waals surface area contributed by atoms with Gasteiger partial charge in [-0.3, -0.25) is 0 Å². The van der Waals surface area contributed by atoms with Gasteiger partial charge in [-0.25, -0.2) is 8.78 Å². The fourth-order valence-electron chi connectivity index (χ4n) is 3.05. The summed E-state index contributed by atoms with van der Waals surface area (Å²) in [5.74, 6) is -0.925. The van der Waals surface area contributed by atoms with Crippen molar-refractivity contribution < 1.29 is 8.78 Å². The molecule has 0 radical (unpaired) electrons. The second-order valence-corrected chi connectivity index (χ2v) is 5.34. The third-order valence-corrected chi connectivity index (χ3v) is 4.03. The van der Waals surface area contributed by atoms with Crippen molar-refractivity contribution in [2.24, 2.45) is 5.73 Å². The summed E-state index contributed by atoms with van der Waals surface area (Å²) >= 11 is 0. The maximum absolute atomic E-state index is 14.2. The lowest BCUT2D eigenvalue weighted by atomic mass is 10.1. The zero-order chi connectivity index (χ0) is 14.0. The number of halogens is 2. The molecule has 1 saturated heterocycles. The van der Waals surface area contributed by atoms with Crippen molar-refractivity contribution in [3.05, 3.63) is 29.3 Å². The minimum absolute atomic E-state index is 0.137. The Labute approximate surface area is 113 Å². The van der Waals surface area contributed by atoms with Gasteiger partial charge in [0.25, 0.3) is 0 Å². The van der Waals surface area contributed by atoms with E-state index in [2.05, 4.69) is 6.92 Å². The Balaban J connectivity index is 2.38. The maximum atomic E-state index is 14.2. The Morgan fingerprint density at radius 3 is 2.42 bits per heavy atom. The predicted molar refractivity (Wildman–Crippen MR) is 74.4 cm³/mol. The molecule has 1 fully saturated rings. The average Bonchev–Trinajstić information content (AvgIpc) is 2.71. The van der Waals surface area contributed by atoms with E-state index in [4.69, 9.17) is 5.73 Å². The molecule has 2 rings (SSSR count). The third-order valence-electron chi connectivity index (χ3n) is 4.03. The van der Waals surface area contributed by atoms with Gasteiger partial charge in [-0.15, -0.1) is 0 Å². The molecule has 0 aromatic heterocycles. The van der Waals surface area contributed by atoms with E-state index in [1.807, 2.05) is 11.8 Å². The summed E-state index contributed by atoms with van der Waals surface area (Å²) in [6.07, 6.45) is 3.40. The second-order valence-electron chi connectivity index (χ2n) is 5.34. The molecule has 0 bridgehead atoms. The van der Waals surface area contributed by atoms with E-state index in [9.17, 15) is 8.78 Å². The van der Waals surface area contributed by atoms with Gasteiger partial charge in [0.1, 0.15) is 17.3 Å². The third kappa shape index (κ3) is 2.73. The molecule has 4 heteroatoms. The fourth-order valence-corrected chi connectivity index (χ4v) is 3.05. The first-order valence-corrected chi connectivity index (χ1v) is 7.04. The lowest BCUT2D eigenvalue weighted by Crippen LogP contribution is -2.35. The maximum Gasteiger partial charge on any atom is 0.149 e. The van der Waals surface area contributed by atoms with Gasteiger partial charge in [0.2, 0.25) is 0 Å². The molecular weight excluding hydrogens is 246 g/mol. The van der Waals surface area contributed by atoms with E-state index in [0.29, 0.717) is 18.5 Å². The molecule has 1 aliphatic rings. The summed E-state index contributed by atoms with van der Waals surface area (Å²) in [6, 6.07) is 3.26. The van der Waals surface area contributed by atoms with E-state index >= 15 is 0 Å². The molecule has 19 heavy (non-hydrogen) atoms. The highest BCUT2D eigenvalue weighted by Crippen LogP contribution is 2.35. The van der Waals surface area contributed by atoms with Crippen molar-refractivity contribution in [1.82, 2.24) is 0 Å². The molecule has 0 spiro atoms. The van der Waals surface area contributed by atoms with Gasteiger partial charge in [0.05, 0.1) is 0 Å². The topological polar surface area (TPSA) is 29.3 Å². The zero-order valence-corrected chi connectivity index (χ0v) is 11.6. The largest absolute Gasteiger partial charge is 0.361 e. The van der Waals surface area contributed by atoms with E-state index in [1.165, 1.54) is 12.1 Å². The molecule has 1 aromatic rings. The Morgan fingerprint density at radius 1 is 1.26 bits per heavy atom. The first kappa shape index (κ1) is 14.3. The van der Waals surface area contributed by atoms with Crippen LogP contribution in [0.1, 0.15) is 38.7 Å². The normalized spacial score (nSPS) is 23.1. The highest BCUT2D eigenvalue weighted by Gasteiger charge is 2.33. The van der Waals surface area contributed by atoms with Gasteiger partial charge in [0.15, 0.2) is 0 Å². The number of benzene rings is 1. The van der Waals surface area contributed by atoms with Crippen molar-refractivity contribution in [2.45, 2.75) is 51.6 Å². The van der Waals surface area contributed by atoms with Gasteiger partial charge in [0, 0.05) is 12.1 Å². The molecule has 0 saturated carbocycles. The molecule has 1 aromatic carbocycles. The van der Waals surface area contributed by atoms with Crippen LogP contribution in [0.2, 0.25) is 0 Å².